The van der Waals surface area contributed by atoms with Crippen LogP contribution in [0.25, 0.3) is 11.4 Å². The highest BCUT2D eigenvalue weighted by Gasteiger charge is 2.35. The number of rotatable bonds is 5. The fourth-order valence-electron chi connectivity index (χ4n) is 3.59. The van der Waals surface area contributed by atoms with Gasteiger partial charge >= 0.3 is 0 Å². The SMILES string of the molecule is COc1ccc(-c2noc(C3CC(NC(=O)c4ccc(C#N)cc4)CN3C)n2)cc1. The van der Waals surface area contributed by atoms with Crippen molar-refractivity contribution >= 4 is 5.91 Å². The lowest BCUT2D eigenvalue weighted by Crippen LogP contribution is -2.36. The Morgan fingerprint density at radius 3 is 2.63 bits per heavy atom. The van der Waals surface area contributed by atoms with Gasteiger partial charge in [0.1, 0.15) is 5.75 Å². The second kappa shape index (κ2) is 8.35. The molecule has 1 aliphatic rings. The fourth-order valence-corrected chi connectivity index (χ4v) is 3.59. The Labute approximate surface area is 174 Å². The quantitative estimate of drug-likeness (QED) is 0.698. The van der Waals surface area contributed by atoms with Crippen LogP contribution < -0.4 is 10.1 Å². The first-order chi connectivity index (χ1) is 14.6. The zero-order valence-electron chi connectivity index (χ0n) is 16.7. The van der Waals surface area contributed by atoms with E-state index >= 15 is 0 Å². The monoisotopic (exact) mass is 403 g/mol. The molecule has 0 spiro atoms. The lowest BCUT2D eigenvalue weighted by molar-refractivity contribution is 0.0938. The van der Waals surface area contributed by atoms with E-state index in [0.29, 0.717) is 35.8 Å². The predicted molar refractivity (Wildman–Crippen MR) is 109 cm³/mol. The second-order valence-corrected chi connectivity index (χ2v) is 7.24. The molecular formula is C22H21N5O3. The minimum Gasteiger partial charge on any atom is -0.497 e. The van der Waals surface area contributed by atoms with Crippen LogP contribution in [0.2, 0.25) is 0 Å². The number of amides is 1. The number of nitrogens with zero attached hydrogens (tertiary/aromatic N) is 4. The van der Waals surface area contributed by atoms with Gasteiger partial charge in [0.2, 0.25) is 11.7 Å². The van der Waals surface area contributed by atoms with E-state index in [4.69, 9.17) is 14.5 Å². The van der Waals surface area contributed by atoms with Crippen LogP contribution in [0.4, 0.5) is 0 Å². The number of carbonyl (C=O) groups excluding carboxylic acids is 1. The van der Waals surface area contributed by atoms with Gasteiger partial charge in [-0.1, -0.05) is 5.16 Å². The molecule has 1 amide bonds. The minimum absolute atomic E-state index is 0.0421. The molecule has 1 saturated heterocycles. The van der Waals surface area contributed by atoms with Crippen molar-refractivity contribution in [3.05, 3.63) is 65.5 Å². The molecule has 1 N–H and O–H groups in total. The van der Waals surface area contributed by atoms with Crippen molar-refractivity contribution in [1.82, 2.24) is 20.4 Å². The van der Waals surface area contributed by atoms with Crippen LogP contribution in [-0.4, -0.2) is 47.7 Å². The van der Waals surface area contributed by atoms with Gasteiger partial charge in [-0.05, 0) is 62.0 Å². The summed E-state index contributed by atoms with van der Waals surface area (Å²) in [7, 11) is 3.59. The van der Waals surface area contributed by atoms with E-state index < -0.39 is 0 Å². The van der Waals surface area contributed by atoms with Gasteiger partial charge in [0, 0.05) is 23.7 Å². The zero-order chi connectivity index (χ0) is 21.1. The number of hydrogen-bond donors (Lipinski definition) is 1. The van der Waals surface area contributed by atoms with Crippen molar-refractivity contribution in [2.45, 2.75) is 18.5 Å². The van der Waals surface area contributed by atoms with E-state index in [1.807, 2.05) is 37.4 Å². The van der Waals surface area contributed by atoms with Crippen molar-refractivity contribution in [1.29, 1.82) is 5.26 Å². The molecule has 1 fully saturated rings. The Morgan fingerprint density at radius 1 is 1.23 bits per heavy atom. The highest BCUT2D eigenvalue weighted by Crippen LogP contribution is 2.31. The molecular weight excluding hydrogens is 382 g/mol. The summed E-state index contributed by atoms with van der Waals surface area (Å²) in [6.45, 7) is 0.674. The van der Waals surface area contributed by atoms with Crippen LogP contribution >= 0.6 is 0 Å². The van der Waals surface area contributed by atoms with Crippen LogP contribution in [0.15, 0.2) is 53.1 Å². The summed E-state index contributed by atoms with van der Waals surface area (Å²) in [5, 5.41) is 16.0. The number of ether oxygens (including phenoxy) is 1. The maximum atomic E-state index is 12.5. The smallest absolute Gasteiger partial charge is 0.251 e. The Kier molecular flexibility index (Phi) is 5.46. The van der Waals surface area contributed by atoms with Crippen molar-refractivity contribution < 1.29 is 14.1 Å². The molecule has 152 valence electrons. The molecule has 8 nitrogen and oxygen atoms in total. The number of methoxy groups -OCH3 is 1. The third-order valence-electron chi connectivity index (χ3n) is 5.23. The molecule has 30 heavy (non-hydrogen) atoms. The molecule has 2 unspecified atom stereocenters. The number of carbonyl (C=O) groups is 1. The van der Waals surface area contributed by atoms with E-state index in [1.54, 1.807) is 31.4 Å². The van der Waals surface area contributed by atoms with E-state index in [-0.39, 0.29) is 18.0 Å². The Bertz CT molecular complexity index is 1070. The van der Waals surface area contributed by atoms with Crippen molar-refractivity contribution in [2.24, 2.45) is 0 Å². The summed E-state index contributed by atoms with van der Waals surface area (Å²) < 4.78 is 10.7. The molecule has 3 aromatic rings. The number of aromatic nitrogens is 2. The van der Waals surface area contributed by atoms with E-state index in [1.165, 1.54) is 0 Å². The largest absolute Gasteiger partial charge is 0.497 e. The second-order valence-electron chi connectivity index (χ2n) is 7.24. The molecule has 1 aliphatic heterocycles. The summed E-state index contributed by atoms with van der Waals surface area (Å²) >= 11 is 0. The third-order valence-corrected chi connectivity index (χ3v) is 5.23. The molecule has 1 aromatic heterocycles. The molecule has 0 saturated carbocycles. The van der Waals surface area contributed by atoms with Gasteiger partial charge in [-0.25, -0.2) is 0 Å². The zero-order valence-corrected chi connectivity index (χ0v) is 16.7. The number of benzene rings is 2. The number of hydrogen-bond acceptors (Lipinski definition) is 7. The van der Waals surface area contributed by atoms with Gasteiger partial charge in [0.15, 0.2) is 0 Å². The van der Waals surface area contributed by atoms with Gasteiger partial charge in [-0.15, -0.1) is 0 Å². The maximum Gasteiger partial charge on any atom is 0.251 e. The summed E-state index contributed by atoms with van der Waals surface area (Å²) in [6, 6.07) is 16.0. The normalized spacial score (nSPS) is 18.7. The molecule has 2 aromatic carbocycles. The average molecular weight is 403 g/mol. The molecule has 0 radical (unpaired) electrons. The van der Waals surface area contributed by atoms with Crippen LogP contribution in [0.3, 0.4) is 0 Å². The van der Waals surface area contributed by atoms with E-state index in [2.05, 4.69) is 20.4 Å². The van der Waals surface area contributed by atoms with Crippen LogP contribution in [0, 0.1) is 11.3 Å². The van der Waals surface area contributed by atoms with Gasteiger partial charge in [-0.2, -0.15) is 10.2 Å². The standard InChI is InChI=1S/C22H21N5O3/c1-27-13-17(24-21(28)16-5-3-14(12-23)4-6-16)11-19(27)22-25-20(26-30-22)15-7-9-18(29-2)10-8-15/h3-10,17,19H,11,13H2,1-2H3,(H,24,28). The number of likely N-dealkylation sites (tertiary alicyclic amines) is 1. The predicted octanol–water partition coefficient (Wildman–Crippen LogP) is 2.79. The lowest BCUT2D eigenvalue weighted by Gasteiger charge is -2.14. The first-order valence-corrected chi connectivity index (χ1v) is 9.56. The third kappa shape index (κ3) is 4.02. The summed E-state index contributed by atoms with van der Waals surface area (Å²) in [6.07, 6.45) is 0.669. The van der Waals surface area contributed by atoms with Crippen LogP contribution in [-0.2, 0) is 0 Å². The molecule has 2 atom stereocenters. The van der Waals surface area contributed by atoms with Gasteiger partial charge in [-0.3, -0.25) is 9.69 Å². The Hall–Kier alpha value is -3.70. The van der Waals surface area contributed by atoms with Crippen LogP contribution in [0.1, 0.15) is 34.3 Å². The number of nitriles is 1. The topological polar surface area (TPSA) is 104 Å². The molecule has 4 rings (SSSR count). The van der Waals surface area contributed by atoms with Crippen molar-refractivity contribution in [2.75, 3.05) is 20.7 Å². The summed E-state index contributed by atoms with van der Waals surface area (Å²) in [4.78, 5) is 19.2. The van der Waals surface area contributed by atoms with E-state index in [0.717, 1.165) is 11.3 Å². The highest BCUT2D eigenvalue weighted by atomic mass is 16.5. The summed E-state index contributed by atoms with van der Waals surface area (Å²) in [5.74, 6) is 1.64. The minimum atomic E-state index is -0.164. The molecule has 8 heteroatoms. The van der Waals surface area contributed by atoms with Crippen molar-refractivity contribution in [3.8, 4) is 23.2 Å². The van der Waals surface area contributed by atoms with Crippen molar-refractivity contribution in [3.63, 3.8) is 0 Å². The van der Waals surface area contributed by atoms with E-state index in [9.17, 15) is 4.79 Å². The Balaban J connectivity index is 1.42. The Morgan fingerprint density at radius 2 is 1.97 bits per heavy atom. The number of nitrogens with one attached hydrogen (secondary N) is 1. The average Bonchev–Trinajstić information content (AvgIpc) is 3.40. The van der Waals surface area contributed by atoms with Gasteiger partial charge in [0.25, 0.3) is 5.91 Å². The van der Waals surface area contributed by atoms with Crippen LogP contribution in [0.5, 0.6) is 5.75 Å². The van der Waals surface area contributed by atoms with Gasteiger partial charge < -0.3 is 14.6 Å². The molecule has 2 heterocycles. The fraction of sp³-hybridized carbons (Fsp3) is 0.273. The molecule has 0 aliphatic carbocycles. The molecule has 0 bridgehead atoms. The first kappa shape index (κ1) is 19.6. The summed E-state index contributed by atoms with van der Waals surface area (Å²) in [5.41, 5.74) is 1.90. The first-order valence-electron chi connectivity index (χ1n) is 9.56. The van der Waals surface area contributed by atoms with Gasteiger partial charge in [0.05, 0.1) is 24.8 Å². The lowest BCUT2D eigenvalue weighted by atomic mass is 10.1. The highest BCUT2D eigenvalue weighted by molar-refractivity contribution is 5.94. The maximum absolute atomic E-state index is 12.5. The number of likely N-dealkylation sites (N-methyl/N-ethyl adjacent to an activating group) is 1.